The van der Waals surface area contributed by atoms with Crippen molar-refractivity contribution in [3.8, 4) is 0 Å². The second-order valence-corrected chi connectivity index (χ2v) is 5.58. The summed E-state index contributed by atoms with van der Waals surface area (Å²) in [4.78, 5) is 34.5. The lowest BCUT2D eigenvalue weighted by Gasteiger charge is -2.24. The molecule has 0 spiro atoms. The molecule has 0 aromatic rings. The number of carbonyl (C=O) groups excluding carboxylic acids is 3. The number of hydrogen-bond donors (Lipinski definition) is 0. The van der Waals surface area contributed by atoms with Gasteiger partial charge in [0.2, 0.25) is 0 Å². The minimum absolute atomic E-state index is 0.0682. The zero-order chi connectivity index (χ0) is 15.1. The van der Waals surface area contributed by atoms with Gasteiger partial charge in [0.05, 0.1) is 18.6 Å². The quantitative estimate of drug-likeness (QED) is 0.409. The first-order valence-electron chi connectivity index (χ1n) is 6.81. The SMILES string of the molecule is C=C(C)C(=O)OCC(=O)OC1CC2OC1C1C(=O)OCC21. The molecular formula is C14H16O7. The predicted molar refractivity (Wildman–Crippen MR) is 66.9 cm³/mol. The highest BCUT2D eigenvalue weighted by Gasteiger charge is 2.61. The summed E-state index contributed by atoms with van der Waals surface area (Å²) >= 11 is 0. The van der Waals surface area contributed by atoms with Crippen molar-refractivity contribution in [3.63, 3.8) is 0 Å². The van der Waals surface area contributed by atoms with E-state index in [1.54, 1.807) is 0 Å². The van der Waals surface area contributed by atoms with Crippen molar-refractivity contribution in [3.05, 3.63) is 12.2 Å². The number of ether oxygens (including phenoxy) is 4. The molecule has 5 atom stereocenters. The molecule has 0 radical (unpaired) electrons. The monoisotopic (exact) mass is 296 g/mol. The molecule has 0 aromatic carbocycles. The van der Waals surface area contributed by atoms with Crippen LogP contribution < -0.4 is 0 Å². The van der Waals surface area contributed by atoms with Gasteiger partial charge >= 0.3 is 17.9 Å². The average molecular weight is 296 g/mol. The molecule has 3 aliphatic rings. The van der Waals surface area contributed by atoms with E-state index in [2.05, 4.69) is 6.58 Å². The van der Waals surface area contributed by atoms with E-state index in [-0.39, 0.29) is 29.5 Å². The lowest BCUT2D eigenvalue weighted by molar-refractivity contribution is -0.164. The minimum Gasteiger partial charge on any atom is -0.465 e. The van der Waals surface area contributed by atoms with Gasteiger partial charge in [-0.1, -0.05) is 6.58 Å². The summed E-state index contributed by atoms with van der Waals surface area (Å²) < 4.78 is 20.7. The Kier molecular flexibility index (Phi) is 3.44. The molecule has 114 valence electrons. The average Bonchev–Trinajstić information content (AvgIpc) is 3.09. The fourth-order valence-electron chi connectivity index (χ4n) is 3.13. The van der Waals surface area contributed by atoms with E-state index in [1.165, 1.54) is 6.92 Å². The van der Waals surface area contributed by atoms with Crippen LogP contribution in [0.15, 0.2) is 12.2 Å². The molecule has 7 nitrogen and oxygen atoms in total. The zero-order valence-corrected chi connectivity index (χ0v) is 11.6. The van der Waals surface area contributed by atoms with E-state index in [0.717, 1.165) is 0 Å². The van der Waals surface area contributed by atoms with E-state index in [4.69, 9.17) is 18.9 Å². The topological polar surface area (TPSA) is 88.1 Å². The van der Waals surface area contributed by atoms with E-state index >= 15 is 0 Å². The largest absolute Gasteiger partial charge is 0.465 e. The number of esters is 3. The molecule has 2 bridgehead atoms. The lowest BCUT2D eigenvalue weighted by atomic mass is 9.80. The number of carbonyl (C=O) groups is 3. The van der Waals surface area contributed by atoms with Crippen LogP contribution >= 0.6 is 0 Å². The maximum absolute atomic E-state index is 11.7. The molecule has 3 saturated heterocycles. The summed E-state index contributed by atoms with van der Waals surface area (Å²) in [6, 6.07) is 0. The zero-order valence-electron chi connectivity index (χ0n) is 11.6. The summed E-state index contributed by atoms with van der Waals surface area (Å²) in [6.07, 6.45) is -0.501. The fourth-order valence-corrected chi connectivity index (χ4v) is 3.13. The standard InChI is InChI=1S/C14H16O7/c1-6(2)13(16)19-5-10(15)20-9-3-8-7-4-18-14(17)11(7)12(9)21-8/h7-9,11-12H,1,3-5H2,2H3. The van der Waals surface area contributed by atoms with Crippen LogP contribution in [0.25, 0.3) is 0 Å². The summed E-state index contributed by atoms with van der Waals surface area (Å²) in [5.41, 5.74) is 0.211. The third-order valence-electron chi connectivity index (χ3n) is 4.10. The van der Waals surface area contributed by atoms with Crippen LogP contribution in [0.4, 0.5) is 0 Å². The van der Waals surface area contributed by atoms with Crippen molar-refractivity contribution in [2.75, 3.05) is 13.2 Å². The Hall–Kier alpha value is -1.89. The van der Waals surface area contributed by atoms with Crippen LogP contribution in [0.3, 0.4) is 0 Å². The van der Waals surface area contributed by atoms with Gasteiger partial charge in [0.25, 0.3) is 0 Å². The molecular weight excluding hydrogens is 280 g/mol. The van der Waals surface area contributed by atoms with Crippen LogP contribution in [0.5, 0.6) is 0 Å². The smallest absolute Gasteiger partial charge is 0.344 e. The highest BCUT2D eigenvalue weighted by molar-refractivity contribution is 5.88. The van der Waals surface area contributed by atoms with Gasteiger partial charge in [0.15, 0.2) is 6.61 Å². The first kappa shape index (κ1) is 14.1. The number of cyclic esters (lactones) is 1. The molecule has 3 aliphatic heterocycles. The summed E-state index contributed by atoms with van der Waals surface area (Å²) in [6.45, 7) is 4.81. The highest BCUT2D eigenvalue weighted by Crippen LogP contribution is 2.48. The summed E-state index contributed by atoms with van der Waals surface area (Å²) in [5.74, 6) is -1.87. The molecule has 0 aliphatic carbocycles. The van der Waals surface area contributed by atoms with Gasteiger partial charge in [0.1, 0.15) is 12.2 Å². The Balaban J connectivity index is 1.53. The van der Waals surface area contributed by atoms with E-state index < -0.39 is 30.8 Å². The lowest BCUT2D eigenvalue weighted by Crippen LogP contribution is -2.40. The Morgan fingerprint density at radius 3 is 2.90 bits per heavy atom. The van der Waals surface area contributed by atoms with Crippen molar-refractivity contribution in [1.29, 1.82) is 0 Å². The molecule has 0 amide bonds. The third kappa shape index (κ3) is 2.42. The van der Waals surface area contributed by atoms with E-state index in [0.29, 0.717) is 13.0 Å². The van der Waals surface area contributed by atoms with Crippen molar-refractivity contribution >= 4 is 17.9 Å². The van der Waals surface area contributed by atoms with Gasteiger partial charge < -0.3 is 18.9 Å². The minimum atomic E-state index is -0.659. The normalized spacial score (nSPS) is 36.0. The molecule has 0 aromatic heterocycles. The first-order chi connectivity index (χ1) is 9.97. The predicted octanol–water partition coefficient (Wildman–Crippen LogP) is -0.0222. The van der Waals surface area contributed by atoms with E-state index in [9.17, 15) is 14.4 Å². The van der Waals surface area contributed by atoms with Crippen molar-refractivity contribution in [2.45, 2.75) is 31.7 Å². The Morgan fingerprint density at radius 2 is 2.19 bits per heavy atom. The Morgan fingerprint density at radius 1 is 1.43 bits per heavy atom. The van der Waals surface area contributed by atoms with Crippen molar-refractivity contribution in [2.24, 2.45) is 11.8 Å². The summed E-state index contributed by atoms with van der Waals surface area (Å²) in [7, 11) is 0. The number of hydrogen-bond acceptors (Lipinski definition) is 7. The van der Waals surface area contributed by atoms with Gasteiger partial charge in [0, 0.05) is 17.9 Å². The van der Waals surface area contributed by atoms with Gasteiger partial charge in [-0.3, -0.25) is 4.79 Å². The molecule has 7 heteroatoms. The number of rotatable bonds is 4. The molecule has 3 rings (SSSR count). The third-order valence-corrected chi connectivity index (χ3v) is 4.10. The summed E-state index contributed by atoms with van der Waals surface area (Å²) in [5, 5.41) is 0. The Labute approximate surface area is 121 Å². The fraction of sp³-hybridized carbons (Fsp3) is 0.643. The second kappa shape index (κ2) is 5.14. The van der Waals surface area contributed by atoms with Gasteiger partial charge in [-0.05, 0) is 6.92 Å². The molecule has 21 heavy (non-hydrogen) atoms. The van der Waals surface area contributed by atoms with Crippen LogP contribution in [-0.4, -0.2) is 49.4 Å². The van der Waals surface area contributed by atoms with Crippen molar-refractivity contribution < 1.29 is 33.3 Å². The van der Waals surface area contributed by atoms with Crippen molar-refractivity contribution in [1.82, 2.24) is 0 Å². The maximum atomic E-state index is 11.7. The van der Waals surface area contributed by atoms with E-state index in [1.807, 2.05) is 0 Å². The molecule has 0 saturated carbocycles. The molecule has 0 N–H and O–H groups in total. The van der Waals surface area contributed by atoms with Gasteiger partial charge in [-0.2, -0.15) is 0 Å². The van der Waals surface area contributed by atoms with Crippen LogP contribution in [0.2, 0.25) is 0 Å². The number of fused-ring (bicyclic) bond motifs is 5. The first-order valence-corrected chi connectivity index (χ1v) is 6.81. The van der Waals surface area contributed by atoms with Crippen LogP contribution in [-0.2, 0) is 33.3 Å². The van der Waals surface area contributed by atoms with Gasteiger partial charge in [-0.15, -0.1) is 0 Å². The van der Waals surface area contributed by atoms with Crippen LogP contribution in [0, 0.1) is 11.8 Å². The Bertz CT molecular complexity index is 511. The van der Waals surface area contributed by atoms with Crippen LogP contribution in [0.1, 0.15) is 13.3 Å². The molecule has 5 unspecified atom stereocenters. The maximum Gasteiger partial charge on any atom is 0.344 e. The van der Waals surface area contributed by atoms with Gasteiger partial charge in [-0.25, -0.2) is 9.59 Å². The highest BCUT2D eigenvalue weighted by atomic mass is 16.6. The molecule has 3 fully saturated rings. The molecule has 3 heterocycles. The second-order valence-electron chi connectivity index (χ2n) is 5.58.